The van der Waals surface area contributed by atoms with Crippen LogP contribution in [0, 0.1) is 19.7 Å². The standard InChI is InChI=1S/C21H18FN3O3S2/c1-13-3-5-15(6-4-13)12-23-30(26,27)19-11-18(29-14(19)2)21-24-20(25-28-21)16-7-9-17(22)10-8-16/h3-11,23H,12H2,1-2H3. The number of thiophene rings is 1. The van der Waals surface area contributed by atoms with Crippen molar-refractivity contribution in [3.8, 4) is 22.2 Å². The molecule has 2 aromatic carbocycles. The number of nitrogens with one attached hydrogen (secondary N) is 1. The third-order valence-corrected chi connectivity index (χ3v) is 7.18. The largest absolute Gasteiger partial charge is 0.333 e. The molecule has 0 bridgehead atoms. The molecular weight excluding hydrogens is 425 g/mol. The molecule has 0 radical (unpaired) electrons. The van der Waals surface area contributed by atoms with E-state index in [0.717, 1.165) is 11.1 Å². The zero-order chi connectivity index (χ0) is 21.3. The van der Waals surface area contributed by atoms with Crippen LogP contribution in [0.25, 0.3) is 22.2 Å². The Hall–Kier alpha value is -2.88. The quantitative estimate of drug-likeness (QED) is 0.467. The van der Waals surface area contributed by atoms with Crippen LogP contribution >= 0.6 is 11.3 Å². The van der Waals surface area contributed by atoms with Crippen LogP contribution in [0.4, 0.5) is 4.39 Å². The third kappa shape index (κ3) is 4.33. The molecule has 9 heteroatoms. The summed E-state index contributed by atoms with van der Waals surface area (Å²) < 4.78 is 46.6. The van der Waals surface area contributed by atoms with Crippen molar-refractivity contribution >= 4 is 21.4 Å². The van der Waals surface area contributed by atoms with Crippen molar-refractivity contribution < 1.29 is 17.3 Å². The lowest BCUT2D eigenvalue weighted by Crippen LogP contribution is -2.23. The van der Waals surface area contributed by atoms with Gasteiger partial charge in [-0.2, -0.15) is 4.98 Å². The van der Waals surface area contributed by atoms with E-state index in [1.165, 1.54) is 29.5 Å². The Bertz CT molecular complexity index is 1280. The van der Waals surface area contributed by atoms with Gasteiger partial charge in [-0.3, -0.25) is 0 Å². The van der Waals surface area contributed by atoms with Gasteiger partial charge in [-0.05, 0) is 49.7 Å². The average molecular weight is 444 g/mol. The lowest BCUT2D eigenvalue weighted by Gasteiger charge is -2.06. The lowest BCUT2D eigenvalue weighted by atomic mass is 10.2. The van der Waals surface area contributed by atoms with E-state index in [1.54, 1.807) is 19.1 Å². The fourth-order valence-electron chi connectivity index (χ4n) is 2.84. The normalized spacial score (nSPS) is 11.7. The molecule has 0 saturated heterocycles. The predicted molar refractivity (Wildman–Crippen MR) is 113 cm³/mol. The van der Waals surface area contributed by atoms with Gasteiger partial charge < -0.3 is 4.52 Å². The highest BCUT2D eigenvalue weighted by Crippen LogP contribution is 2.33. The molecule has 4 aromatic rings. The van der Waals surface area contributed by atoms with E-state index in [0.29, 0.717) is 21.1 Å². The first-order chi connectivity index (χ1) is 14.3. The molecule has 0 aliphatic rings. The second kappa shape index (κ2) is 8.10. The Morgan fingerprint density at radius 3 is 2.47 bits per heavy atom. The van der Waals surface area contributed by atoms with Crippen molar-refractivity contribution in [1.82, 2.24) is 14.9 Å². The predicted octanol–water partition coefficient (Wildman–Crippen LogP) is 4.70. The molecule has 30 heavy (non-hydrogen) atoms. The highest BCUT2D eigenvalue weighted by Gasteiger charge is 2.22. The molecule has 0 saturated carbocycles. The minimum absolute atomic E-state index is 0.177. The van der Waals surface area contributed by atoms with Crippen molar-refractivity contribution in [2.24, 2.45) is 0 Å². The van der Waals surface area contributed by atoms with Crippen LogP contribution < -0.4 is 4.72 Å². The lowest BCUT2D eigenvalue weighted by molar-refractivity contribution is 0.433. The first-order valence-corrected chi connectivity index (χ1v) is 11.4. The minimum Gasteiger partial charge on any atom is -0.333 e. The van der Waals surface area contributed by atoms with Crippen molar-refractivity contribution in [2.45, 2.75) is 25.3 Å². The zero-order valence-electron chi connectivity index (χ0n) is 16.2. The summed E-state index contributed by atoms with van der Waals surface area (Å²) in [6.45, 7) is 3.90. The van der Waals surface area contributed by atoms with Crippen molar-refractivity contribution in [1.29, 1.82) is 0 Å². The van der Waals surface area contributed by atoms with E-state index in [-0.39, 0.29) is 23.1 Å². The molecule has 4 rings (SSSR count). The number of hydrogen-bond acceptors (Lipinski definition) is 6. The Labute approximate surface area is 177 Å². The number of aryl methyl sites for hydroxylation is 2. The maximum absolute atomic E-state index is 13.1. The summed E-state index contributed by atoms with van der Waals surface area (Å²) in [4.78, 5) is 5.65. The molecule has 0 amide bonds. The summed E-state index contributed by atoms with van der Waals surface area (Å²) in [5.74, 6) is 0.157. The van der Waals surface area contributed by atoms with Gasteiger partial charge in [0, 0.05) is 17.0 Å². The first kappa shape index (κ1) is 20.4. The van der Waals surface area contributed by atoms with Crippen molar-refractivity contribution in [3.05, 3.63) is 76.4 Å². The molecule has 0 spiro atoms. The van der Waals surface area contributed by atoms with Crippen molar-refractivity contribution in [2.75, 3.05) is 0 Å². The zero-order valence-corrected chi connectivity index (χ0v) is 17.8. The maximum atomic E-state index is 13.1. The van der Waals surface area contributed by atoms with Gasteiger partial charge in [-0.25, -0.2) is 17.5 Å². The number of benzene rings is 2. The van der Waals surface area contributed by atoms with Gasteiger partial charge in [0.25, 0.3) is 5.89 Å². The topological polar surface area (TPSA) is 85.1 Å². The van der Waals surface area contributed by atoms with E-state index < -0.39 is 10.0 Å². The second-order valence-electron chi connectivity index (χ2n) is 6.77. The van der Waals surface area contributed by atoms with Crippen LogP contribution in [-0.2, 0) is 16.6 Å². The summed E-state index contributed by atoms with van der Waals surface area (Å²) in [5, 5.41) is 3.91. The number of aromatic nitrogens is 2. The number of halogens is 1. The molecule has 0 atom stereocenters. The van der Waals surface area contributed by atoms with Crippen LogP contribution in [0.1, 0.15) is 16.0 Å². The van der Waals surface area contributed by atoms with E-state index in [2.05, 4.69) is 14.9 Å². The van der Waals surface area contributed by atoms with Gasteiger partial charge in [-0.15, -0.1) is 11.3 Å². The number of rotatable bonds is 6. The van der Waals surface area contributed by atoms with Gasteiger partial charge in [0.1, 0.15) is 5.82 Å². The molecule has 0 fully saturated rings. The molecular formula is C21H18FN3O3S2. The highest BCUT2D eigenvalue weighted by molar-refractivity contribution is 7.89. The molecule has 0 aliphatic heterocycles. The highest BCUT2D eigenvalue weighted by atomic mass is 32.2. The maximum Gasteiger partial charge on any atom is 0.268 e. The Balaban J connectivity index is 1.55. The molecule has 154 valence electrons. The number of hydrogen-bond donors (Lipinski definition) is 1. The fourth-order valence-corrected chi connectivity index (χ4v) is 5.37. The van der Waals surface area contributed by atoms with Crippen LogP contribution in [0.3, 0.4) is 0 Å². The number of sulfonamides is 1. The minimum atomic E-state index is -3.71. The Morgan fingerprint density at radius 1 is 1.07 bits per heavy atom. The average Bonchev–Trinajstić information content (AvgIpc) is 3.35. The summed E-state index contributed by atoms with van der Waals surface area (Å²) in [7, 11) is -3.71. The van der Waals surface area contributed by atoms with Crippen molar-refractivity contribution in [3.63, 3.8) is 0 Å². The molecule has 0 unspecified atom stereocenters. The van der Waals surface area contributed by atoms with Crippen LogP contribution in [0.5, 0.6) is 0 Å². The van der Waals surface area contributed by atoms with E-state index in [1.807, 2.05) is 31.2 Å². The van der Waals surface area contributed by atoms with Gasteiger partial charge in [0.2, 0.25) is 15.8 Å². The smallest absolute Gasteiger partial charge is 0.268 e. The van der Waals surface area contributed by atoms with Gasteiger partial charge >= 0.3 is 0 Å². The monoisotopic (exact) mass is 443 g/mol. The molecule has 6 nitrogen and oxygen atoms in total. The molecule has 1 N–H and O–H groups in total. The Kier molecular flexibility index (Phi) is 5.50. The van der Waals surface area contributed by atoms with Gasteiger partial charge in [0.05, 0.1) is 9.77 Å². The van der Waals surface area contributed by atoms with Gasteiger partial charge in [0.15, 0.2) is 0 Å². The Morgan fingerprint density at radius 2 is 1.77 bits per heavy atom. The van der Waals surface area contributed by atoms with Gasteiger partial charge in [-0.1, -0.05) is 35.0 Å². The van der Waals surface area contributed by atoms with Crippen LogP contribution in [-0.4, -0.2) is 18.6 Å². The summed E-state index contributed by atoms with van der Waals surface area (Å²) in [5.41, 5.74) is 2.59. The second-order valence-corrected chi connectivity index (χ2v) is 9.76. The summed E-state index contributed by atoms with van der Waals surface area (Å²) >= 11 is 1.25. The van der Waals surface area contributed by atoms with E-state index in [4.69, 9.17) is 4.52 Å². The van der Waals surface area contributed by atoms with E-state index >= 15 is 0 Å². The number of nitrogens with zero attached hydrogens (tertiary/aromatic N) is 2. The fraction of sp³-hybridized carbons (Fsp3) is 0.143. The molecule has 2 heterocycles. The first-order valence-electron chi connectivity index (χ1n) is 9.07. The van der Waals surface area contributed by atoms with E-state index in [9.17, 15) is 12.8 Å². The van der Waals surface area contributed by atoms with Crippen LogP contribution in [0.2, 0.25) is 0 Å². The SMILES string of the molecule is Cc1ccc(CNS(=O)(=O)c2cc(-c3nc(-c4ccc(F)cc4)no3)sc2C)cc1. The summed E-state index contributed by atoms with van der Waals surface area (Å²) in [6.07, 6.45) is 0. The summed E-state index contributed by atoms with van der Waals surface area (Å²) in [6, 6.07) is 14.9. The molecule has 0 aliphatic carbocycles. The molecule has 2 aromatic heterocycles. The van der Waals surface area contributed by atoms with Crippen LogP contribution in [0.15, 0.2) is 64.0 Å². The third-order valence-electron chi connectivity index (χ3n) is 4.49.